The summed E-state index contributed by atoms with van der Waals surface area (Å²) in [7, 11) is 0. The lowest BCUT2D eigenvalue weighted by Gasteiger charge is -2.13. The number of hydrogen-bond acceptors (Lipinski definition) is 6. The molecular weight excluding hydrogens is 248 g/mol. The molecule has 2 rings (SSSR count). The number of aliphatic hydroxyl groups excluding tert-OH is 1. The largest absolute Gasteiger partial charge is 0.478 e. The first-order valence-corrected chi connectivity index (χ1v) is 6.10. The molecule has 2 aromatic heterocycles. The van der Waals surface area contributed by atoms with E-state index in [2.05, 4.69) is 9.97 Å². The highest BCUT2D eigenvalue weighted by atomic mass is 16.5. The van der Waals surface area contributed by atoms with Crippen molar-refractivity contribution in [3.05, 3.63) is 35.9 Å². The average molecular weight is 264 g/mol. The first-order valence-electron chi connectivity index (χ1n) is 6.10. The highest BCUT2D eigenvalue weighted by Crippen LogP contribution is 2.29. The summed E-state index contributed by atoms with van der Waals surface area (Å²) >= 11 is 0. The van der Waals surface area contributed by atoms with Crippen LogP contribution in [-0.4, -0.2) is 28.3 Å². The summed E-state index contributed by atoms with van der Waals surface area (Å²) in [5.41, 5.74) is 0.445. The van der Waals surface area contributed by atoms with E-state index in [-0.39, 0.29) is 6.01 Å². The summed E-state index contributed by atoms with van der Waals surface area (Å²) in [6.07, 6.45) is 2.01. The molecule has 6 nitrogen and oxygen atoms in total. The van der Waals surface area contributed by atoms with E-state index < -0.39 is 6.10 Å². The number of aliphatic hydroxyl groups is 1. The Bertz CT molecular complexity index is 513. The lowest BCUT2D eigenvalue weighted by molar-refractivity contribution is 0.179. The van der Waals surface area contributed by atoms with E-state index in [0.717, 1.165) is 0 Å². The van der Waals surface area contributed by atoms with Crippen LogP contribution in [0.4, 0.5) is 0 Å². The third-order valence-corrected chi connectivity index (χ3v) is 2.42. The first-order chi connectivity index (χ1) is 9.26. The minimum atomic E-state index is -0.966. The molecule has 19 heavy (non-hydrogen) atoms. The van der Waals surface area contributed by atoms with Crippen LogP contribution in [0, 0.1) is 0 Å². The third kappa shape index (κ3) is 3.03. The van der Waals surface area contributed by atoms with Crippen molar-refractivity contribution < 1.29 is 19.0 Å². The summed E-state index contributed by atoms with van der Waals surface area (Å²) in [6, 6.07) is 3.60. The fraction of sp³-hybridized carbons (Fsp3) is 0.385. The Morgan fingerprint density at radius 1 is 1.32 bits per heavy atom. The molecule has 1 N–H and O–H groups in total. The minimum Gasteiger partial charge on any atom is -0.478 e. The van der Waals surface area contributed by atoms with E-state index >= 15 is 0 Å². The standard InChI is InChI=1S/C13H16N2O4/c1-3-17-12-9(8-14-13(15-12)18-4-2)11(16)10-6-5-7-19-10/h5-8,11,16H,3-4H2,1-2H3. The normalized spacial score (nSPS) is 12.2. The van der Waals surface area contributed by atoms with Gasteiger partial charge in [0, 0.05) is 6.20 Å². The van der Waals surface area contributed by atoms with Gasteiger partial charge in [-0.05, 0) is 26.0 Å². The zero-order valence-corrected chi connectivity index (χ0v) is 10.9. The van der Waals surface area contributed by atoms with Gasteiger partial charge >= 0.3 is 6.01 Å². The van der Waals surface area contributed by atoms with Gasteiger partial charge in [-0.1, -0.05) is 0 Å². The maximum Gasteiger partial charge on any atom is 0.319 e. The molecule has 102 valence electrons. The van der Waals surface area contributed by atoms with Crippen molar-refractivity contribution in [3.8, 4) is 11.9 Å². The number of hydrogen-bond donors (Lipinski definition) is 1. The predicted molar refractivity (Wildman–Crippen MR) is 67.1 cm³/mol. The maximum absolute atomic E-state index is 10.2. The zero-order chi connectivity index (χ0) is 13.7. The molecule has 0 fully saturated rings. The molecule has 0 spiro atoms. The van der Waals surface area contributed by atoms with E-state index in [0.29, 0.717) is 30.4 Å². The van der Waals surface area contributed by atoms with Crippen molar-refractivity contribution in [2.45, 2.75) is 20.0 Å². The van der Waals surface area contributed by atoms with Gasteiger partial charge in [-0.15, -0.1) is 0 Å². The molecule has 0 aliphatic heterocycles. The highest BCUT2D eigenvalue weighted by molar-refractivity contribution is 5.32. The molecule has 0 saturated heterocycles. The van der Waals surface area contributed by atoms with Crippen LogP contribution in [0.15, 0.2) is 29.0 Å². The summed E-state index contributed by atoms with van der Waals surface area (Å²) in [4.78, 5) is 8.15. The van der Waals surface area contributed by atoms with Gasteiger partial charge in [0.1, 0.15) is 11.9 Å². The van der Waals surface area contributed by atoms with Gasteiger partial charge in [0.25, 0.3) is 0 Å². The second kappa shape index (κ2) is 6.19. The summed E-state index contributed by atoms with van der Waals surface area (Å²) < 4.78 is 15.8. The molecule has 2 aromatic rings. The fourth-order valence-corrected chi connectivity index (χ4v) is 1.60. The molecular formula is C13H16N2O4. The second-order valence-corrected chi connectivity index (χ2v) is 3.70. The number of aromatic nitrogens is 2. The van der Waals surface area contributed by atoms with Crippen LogP contribution < -0.4 is 9.47 Å². The van der Waals surface area contributed by atoms with Crippen molar-refractivity contribution in [2.75, 3.05) is 13.2 Å². The Balaban J connectivity index is 2.33. The molecule has 6 heteroatoms. The van der Waals surface area contributed by atoms with E-state index in [4.69, 9.17) is 13.9 Å². The topological polar surface area (TPSA) is 77.6 Å². The zero-order valence-electron chi connectivity index (χ0n) is 10.9. The van der Waals surface area contributed by atoms with Gasteiger partial charge in [0.2, 0.25) is 5.88 Å². The Kier molecular flexibility index (Phi) is 4.35. The van der Waals surface area contributed by atoms with Gasteiger partial charge in [-0.25, -0.2) is 4.98 Å². The van der Waals surface area contributed by atoms with Crippen molar-refractivity contribution in [1.82, 2.24) is 9.97 Å². The van der Waals surface area contributed by atoms with Crippen molar-refractivity contribution >= 4 is 0 Å². The molecule has 0 amide bonds. The Labute approximate surface area is 111 Å². The van der Waals surface area contributed by atoms with E-state index in [9.17, 15) is 5.11 Å². The molecule has 0 aliphatic rings. The molecule has 1 unspecified atom stereocenters. The van der Waals surface area contributed by atoms with Crippen LogP contribution in [0.3, 0.4) is 0 Å². The van der Waals surface area contributed by atoms with Gasteiger partial charge in [0.15, 0.2) is 0 Å². The smallest absolute Gasteiger partial charge is 0.319 e. The average Bonchev–Trinajstić information content (AvgIpc) is 2.93. The summed E-state index contributed by atoms with van der Waals surface area (Å²) in [6.45, 7) is 4.58. The van der Waals surface area contributed by atoms with Crippen LogP contribution >= 0.6 is 0 Å². The third-order valence-electron chi connectivity index (χ3n) is 2.42. The molecule has 0 saturated carbocycles. The Morgan fingerprint density at radius 2 is 2.11 bits per heavy atom. The van der Waals surface area contributed by atoms with Gasteiger partial charge in [0.05, 0.1) is 25.0 Å². The van der Waals surface area contributed by atoms with Crippen LogP contribution in [-0.2, 0) is 0 Å². The molecule has 1 atom stereocenters. The molecule has 0 radical (unpaired) electrons. The first kappa shape index (κ1) is 13.4. The molecule has 0 aliphatic carbocycles. The molecule has 0 bridgehead atoms. The monoisotopic (exact) mass is 264 g/mol. The van der Waals surface area contributed by atoms with Gasteiger partial charge in [-0.3, -0.25) is 0 Å². The number of nitrogens with zero attached hydrogens (tertiary/aromatic N) is 2. The lowest BCUT2D eigenvalue weighted by atomic mass is 10.1. The molecule has 2 heterocycles. The minimum absolute atomic E-state index is 0.223. The Hall–Kier alpha value is -2.08. The number of furan rings is 1. The SMILES string of the molecule is CCOc1ncc(C(O)c2ccco2)c(OCC)n1. The Morgan fingerprint density at radius 3 is 2.74 bits per heavy atom. The highest BCUT2D eigenvalue weighted by Gasteiger charge is 2.20. The van der Waals surface area contributed by atoms with Crippen LogP contribution in [0.25, 0.3) is 0 Å². The second-order valence-electron chi connectivity index (χ2n) is 3.70. The fourth-order valence-electron chi connectivity index (χ4n) is 1.60. The van der Waals surface area contributed by atoms with Crippen molar-refractivity contribution in [3.63, 3.8) is 0 Å². The van der Waals surface area contributed by atoms with Crippen molar-refractivity contribution in [2.24, 2.45) is 0 Å². The van der Waals surface area contributed by atoms with Crippen LogP contribution in [0.1, 0.15) is 31.3 Å². The lowest BCUT2D eigenvalue weighted by Crippen LogP contribution is -2.08. The van der Waals surface area contributed by atoms with E-state index in [1.807, 2.05) is 13.8 Å². The number of rotatable bonds is 6. The predicted octanol–water partition coefficient (Wildman–Crippen LogP) is 1.95. The quantitative estimate of drug-likeness (QED) is 0.859. The van der Waals surface area contributed by atoms with Crippen molar-refractivity contribution in [1.29, 1.82) is 0 Å². The van der Waals surface area contributed by atoms with Crippen LogP contribution in [0.2, 0.25) is 0 Å². The van der Waals surface area contributed by atoms with E-state index in [1.54, 1.807) is 12.1 Å². The maximum atomic E-state index is 10.2. The summed E-state index contributed by atoms with van der Waals surface area (Å²) in [5.74, 6) is 0.707. The molecule has 0 aromatic carbocycles. The number of ether oxygens (including phenoxy) is 2. The van der Waals surface area contributed by atoms with Crippen LogP contribution in [0.5, 0.6) is 11.9 Å². The van der Waals surface area contributed by atoms with Gasteiger partial charge in [-0.2, -0.15) is 4.98 Å². The van der Waals surface area contributed by atoms with E-state index in [1.165, 1.54) is 12.5 Å². The van der Waals surface area contributed by atoms with Gasteiger partial charge < -0.3 is 19.0 Å². The summed E-state index contributed by atoms with van der Waals surface area (Å²) in [5, 5.41) is 10.2.